The first-order chi connectivity index (χ1) is 14.2. The van der Waals surface area contributed by atoms with Gasteiger partial charge in [0, 0.05) is 10.8 Å². The van der Waals surface area contributed by atoms with E-state index in [0.717, 1.165) is 17.8 Å². The van der Waals surface area contributed by atoms with Crippen molar-refractivity contribution in [1.82, 2.24) is 5.43 Å². The van der Waals surface area contributed by atoms with Crippen molar-refractivity contribution in [3.05, 3.63) is 70.4 Å². The van der Waals surface area contributed by atoms with Crippen molar-refractivity contribution in [2.75, 3.05) is 4.72 Å². The number of phenolic OH excluding ortho intramolecular Hbond substituents is 1. The highest BCUT2D eigenvalue weighted by Crippen LogP contribution is 2.42. The number of halogens is 2. The summed E-state index contributed by atoms with van der Waals surface area (Å²) in [5.74, 6) is 4.39. The minimum atomic E-state index is -4.10. The van der Waals surface area contributed by atoms with Crippen LogP contribution in [0.25, 0.3) is 10.8 Å². The molecule has 0 fully saturated rings. The molecule has 30 heavy (non-hydrogen) atoms. The van der Waals surface area contributed by atoms with Gasteiger partial charge in [-0.25, -0.2) is 23.6 Å². The van der Waals surface area contributed by atoms with E-state index in [1.54, 1.807) is 24.3 Å². The quantitative estimate of drug-likeness (QED) is 0.0939. The summed E-state index contributed by atoms with van der Waals surface area (Å²) < 4.78 is 42.2. The molecule has 0 bridgehead atoms. The number of anilines is 1. The number of rotatable bonds is 7. The molecule has 7 nitrogen and oxygen atoms in total. The molecule has 3 aromatic rings. The maximum Gasteiger partial charge on any atom is 0.262 e. The number of phenols is 1. The molecule has 5 N–H and O–H groups in total. The number of hydrogen-bond acceptors (Lipinski definition) is 6. The fraction of sp³-hybridized carbons (Fsp3) is 0. The highest BCUT2D eigenvalue weighted by Gasteiger charge is 2.20. The number of aliphatic imine (C=N–C) groups is 1. The molecule has 0 spiro atoms. The molecule has 0 radical (unpaired) electrons. The summed E-state index contributed by atoms with van der Waals surface area (Å²) in [5.41, 5.74) is 2.45. The van der Waals surface area contributed by atoms with Crippen molar-refractivity contribution in [2.45, 2.75) is 9.79 Å². The van der Waals surface area contributed by atoms with Gasteiger partial charge in [0.15, 0.2) is 0 Å². The van der Waals surface area contributed by atoms with Crippen LogP contribution >= 0.6 is 27.7 Å². The van der Waals surface area contributed by atoms with Gasteiger partial charge in [0.2, 0.25) is 0 Å². The lowest BCUT2D eigenvalue weighted by molar-refractivity contribution is 0.469. The summed E-state index contributed by atoms with van der Waals surface area (Å²) in [4.78, 5) is 4.03. The van der Waals surface area contributed by atoms with E-state index in [4.69, 9.17) is 5.84 Å². The van der Waals surface area contributed by atoms with Crippen molar-refractivity contribution in [2.24, 2.45) is 10.8 Å². The highest BCUT2D eigenvalue weighted by atomic mass is 79.9. The first kappa shape index (κ1) is 22.1. The van der Waals surface area contributed by atoms with Crippen LogP contribution in [0, 0.1) is 5.82 Å². The van der Waals surface area contributed by atoms with Crippen LogP contribution < -0.4 is 16.0 Å². The Labute approximate surface area is 185 Å². The number of sulfonamides is 1. The number of hydrogen-bond donors (Lipinski definition) is 4. The van der Waals surface area contributed by atoms with Gasteiger partial charge in [-0.3, -0.25) is 4.72 Å². The van der Waals surface area contributed by atoms with Gasteiger partial charge >= 0.3 is 0 Å². The largest absolute Gasteiger partial charge is 0.506 e. The van der Waals surface area contributed by atoms with Crippen LogP contribution in [0.15, 0.2) is 79.4 Å². The average Bonchev–Trinajstić information content (AvgIpc) is 2.71. The van der Waals surface area contributed by atoms with E-state index in [1.165, 1.54) is 24.5 Å². The minimum absolute atomic E-state index is 0.0507. The predicted molar refractivity (Wildman–Crippen MR) is 121 cm³/mol. The second-order valence-corrected chi connectivity index (χ2v) is 9.57. The van der Waals surface area contributed by atoms with Gasteiger partial charge in [0.05, 0.1) is 25.0 Å². The number of thioether (sulfide) groups is 1. The lowest BCUT2D eigenvalue weighted by atomic mass is 10.1. The average molecular weight is 511 g/mol. The number of nitrogens with two attached hydrogens (primary N) is 1. The first-order valence-corrected chi connectivity index (χ1v) is 11.4. The van der Waals surface area contributed by atoms with Crippen molar-refractivity contribution in [1.29, 1.82) is 0 Å². The Bertz CT molecular complexity index is 1270. The maximum absolute atomic E-state index is 13.9. The fourth-order valence-corrected chi connectivity index (χ4v) is 4.68. The first-order valence-electron chi connectivity index (χ1n) is 8.31. The van der Waals surface area contributed by atoms with Crippen molar-refractivity contribution in [3.8, 4) is 5.75 Å². The van der Waals surface area contributed by atoms with Crippen molar-refractivity contribution >= 4 is 60.5 Å². The molecular formula is C19H16BrFN4O3S2. The molecule has 0 heterocycles. The fourth-order valence-electron chi connectivity index (χ4n) is 2.61. The van der Waals surface area contributed by atoms with Crippen molar-refractivity contribution < 1.29 is 17.9 Å². The maximum atomic E-state index is 13.9. The van der Waals surface area contributed by atoms with Crippen LogP contribution in [0.2, 0.25) is 0 Å². The summed E-state index contributed by atoms with van der Waals surface area (Å²) in [6.07, 6.45) is 1.22. The Hall–Kier alpha value is -2.60. The molecule has 0 unspecified atom stereocenters. The molecule has 0 aliphatic carbocycles. The van der Waals surface area contributed by atoms with E-state index in [-0.39, 0.29) is 20.8 Å². The Balaban J connectivity index is 2.08. The summed E-state index contributed by atoms with van der Waals surface area (Å²) in [6.45, 7) is 3.75. The summed E-state index contributed by atoms with van der Waals surface area (Å²) in [7, 11) is -4.10. The van der Waals surface area contributed by atoms with Crippen LogP contribution in [0.1, 0.15) is 0 Å². The molecular weight excluding hydrogens is 495 g/mol. The Kier molecular flexibility index (Phi) is 6.66. The number of benzene rings is 3. The van der Waals surface area contributed by atoms with Gasteiger partial charge in [-0.15, -0.1) is 0 Å². The van der Waals surface area contributed by atoms with Crippen molar-refractivity contribution in [3.63, 3.8) is 0 Å². The molecule has 0 aromatic heterocycles. The molecule has 3 rings (SSSR count). The minimum Gasteiger partial charge on any atom is -0.506 e. The lowest BCUT2D eigenvalue weighted by Gasteiger charge is -2.15. The van der Waals surface area contributed by atoms with E-state index < -0.39 is 15.8 Å². The zero-order valence-electron chi connectivity index (χ0n) is 15.3. The third kappa shape index (κ3) is 4.75. The standard InChI is InChI=1S/C19H16BrFN4O3S2/c1-11(23-10-24-22)29-18-9-17(13-4-2-3-5-14(13)19(18)26)25-30(27,28)12-6-7-15(20)16(21)8-12/h2-10,25-26H,1,22H2,(H,23,24). The summed E-state index contributed by atoms with van der Waals surface area (Å²) in [5, 5.41) is 11.8. The Morgan fingerprint density at radius 3 is 2.60 bits per heavy atom. The van der Waals surface area contributed by atoms with Gasteiger partial charge in [-0.1, -0.05) is 42.6 Å². The second-order valence-electron chi connectivity index (χ2n) is 5.92. The third-order valence-corrected chi connectivity index (χ3v) is 6.82. The van der Waals surface area contributed by atoms with E-state index in [2.05, 4.69) is 37.6 Å². The third-order valence-electron chi connectivity index (χ3n) is 3.94. The van der Waals surface area contributed by atoms with Gasteiger partial charge in [-0.05, 0) is 40.2 Å². The van der Waals surface area contributed by atoms with Crippen LogP contribution in [-0.4, -0.2) is 19.9 Å². The smallest absolute Gasteiger partial charge is 0.262 e. The molecule has 0 aliphatic rings. The number of hydrazine groups is 1. The molecule has 0 amide bonds. The SMILES string of the molecule is C=C(N=CNN)Sc1cc(NS(=O)(=O)c2ccc(Br)c(F)c2)c2ccccc2c1O. The molecule has 156 valence electrons. The summed E-state index contributed by atoms with van der Waals surface area (Å²) >= 11 is 4.03. The topological polar surface area (TPSA) is 117 Å². The number of aromatic hydroxyl groups is 1. The Morgan fingerprint density at radius 1 is 1.23 bits per heavy atom. The lowest BCUT2D eigenvalue weighted by Crippen LogP contribution is -2.18. The molecule has 3 aromatic carbocycles. The zero-order valence-corrected chi connectivity index (χ0v) is 18.5. The summed E-state index contributed by atoms with van der Waals surface area (Å²) in [6, 6.07) is 11.7. The van der Waals surface area contributed by atoms with E-state index >= 15 is 0 Å². The van der Waals surface area contributed by atoms with Crippen LogP contribution in [0.4, 0.5) is 10.1 Å². The van der Waals surface area contributed by atoms with Crippen LogP contribution in [0.5, 0.6) is 5.75 Å². The van der Waals surface area contributed by atoms with E-state index in [1.807, 2.05) is 0 Å². The van der Waals surface area contributed by atoms with E-state index in [9.17, 15) is 17.9 Å². The molecule has 0 saturated heterocycles. The van der Waals surface area contributed by atoms with Gasteiger partial charge in [0.25, 0.3) is 10.0 Å². The van der Waals surface area contributed by atoms with Crippen LogP contribution in [0.3, 0.4) is 0 Å². The molecule has 11 heteroatoms. The zero-order chi connectivity index (χ0) is 21.9. The van der Waals surface area contributed by atoms with Crippen LogP contribution in [-0.2, 0) is 10.0 Å². The number of fused-ring (bicyclic) bond motifs is 1. The highest BCUT2D eigenvalue weighted by molar-refractivity contribution is 9.10. The monoisotopic (exact) mass is 510 g/mol. The van der Waals surface area contributed by atoms with E-state index in [0.29, 0.717) is 20.7 Å². The molecule has 0 aliphatic heterocycles. The second kappa shape index (κ2) is 9.04. The van der Waals surface area contributed by atoms with Gasteiger partial charge in [-0.2, -0.15) is 0 Å². The molecule has 0 atom stereocenters. The van der Waals surface area contributed by atoms with Gasteiger partial charge in [0.1, 0.15) is 17.9 Å². The molecule has 0 saturated carbocycles. The Morgan fingerprint density at radius 2 is 1.93 bits per heavy atom. The predicted octanol–water partition coefficient (Wildman–Crippen LogP) is 4.30. The normalized spacial score (nSPS) is 11.7. The van der Waals surface area contributed by atoms with Gasteiger partial charge < -0.3 is 10.5 Å². The number of nitrogens with one attached hydrogen (secondary N) is 2. The number of nitrogens with zero attached hydrogens (tertiary/aromatic N) is 1.